The Bertz CT molecular complexity index is 528. The first-order valence-corrected chi connectivity index (χ1v) is 7.89. The minimum absolute atomic E-state index is 0.317. The summed E-state index contributed by atoms with van der Waals surface area (Å²) in [5.74, 6) is 1.70. The molecular weight excluding hydrogens is 248 g/mol. The van der Waals surface area contributed by atoms with Crippen molar-refractivity contribution in [3.8, 4) is 0 Å². The lowest BCUT2D eigenvalue weighted by molar-refractivity contribution is -0.129. The largest absolute Gasteiger partial charge is 0.342 e. The van der Waals surface area contributed by atoms with Crippen molar-refractivity contribution in [3.63, 3.8) is 0 Å². The molecule has 0 spiro atoms. The molecule has 2 saturated heterocycles. The van der Waals surface area contributed by atoms with Crippen molar-refractivity contribution in [2.75, 3.05) is 26.2 Å². The molecule has 1 amide bonds. The van der Waals surface area contributed by atoms with Crippen molar-refractivity contribution in [3.05, 3.63) is 34.9 Å². The first kappa shape index (κ1) is 12.4. The van der Waals surface area contributed by atoms with Gasteiger partial charge in [0.25, 0.3) is 0 Å². The summed E-state index contributed by atoms with van der Waals surface area (Å²) in [6.07, 6.45) is 4.26. The van der Waals surface area contributed by atoms with Gasteiger partial charge in [-0.25, -0.2) is 0 Å². The van der Waals surface area contributed by atoms with Crippen molar-refractivity contribution < 1.29 is 4.79 Å². The van der Waals surface area contributed by atoms with Crippen LogP contribution in [0.2, 0.25) is 0 Å². The third-order valence-electron chi connectivity index (χ3n) is 5.26. The van der Waals surface area contributed by atoms with Crippen molar-refractivity contribution >= 4 is 5.91 Å². The molecule has 0 aromatic heterocycles. The summed E-state index contributed by atoms with van der Waals surface area (Å²) in [6, 6.07) is 6.65. The first-order chi connectivity index (χ1) is 9.79. The van der Waals surface area contributed by atoms with Crippen LogP contribution in [0.25, 0.3) is 0 Å². The number of likely N-dealkylation sites (tertiary alicyclic amines) is 1. The number of benzene rings is 1. The first-order valence-electron chi connectivity index (χ1n) is 7.89. The van der Waals surface area contributed by atoms with Gasteiger partial charge in [-0.2, -0.15) is 0 Å². The van der Waals surface area contributed by atoms with E-state index in [2.05, 4.69) is 28.4 Å². The summed E-state index contributed by atoms with van der Waals surface area (Å²) in [5.41, 5.74) is 4.16. The van der Waals surface area contributed by atoms with Crippen LogP contribution >= 0.6 is 0 Å². The molecule has 2 aliphatic heterocycles. The van der Waals surface area contributed by atoms with Crippen molar-refractivity contribution in [2.24, 2.45) is 11.8 Å². The normalized spacial score (nSPS) is 27.7. The highest BCUT2D eigenvalue weighted by atomic mass is 16.2. The Morgan fingerprint density at radius 3 is 2.70 bits per heavy atom. The zero-order chi connectivity index (χ0) is 13.5. The molecule has 1 aromatic rings. The lowest BCUT2D eigenvalue weighted by atomic mass is 10.0. The zero-order valence-electron chi connectivity index (χ0n) is 11.9. The van der Waals surface area contributed by atoms with Crippen molar-refractivity contribution in [2.45, 2.75) is 25.7 Å². The number of carbonyl (C=O) groups excluding carboxylic acids is 1. The third kappa shape index (κ3) is 2.14. The fourth-order valence-corrected chi connectivity index (χ4v) is 4.08. The molecule has 1 aromatic carbocycles. The fourth-order valence-electron chi connectivity index (χ4n) is 4.08. The highest BCUT2D eigenvalue weighted by Gasteiger charge is 2.37. The van der Waals surface area contributed by atoms with E-state index >= 15 is 0 Å². The van der Waals surface area contributed by atoms with Crippen LogP contribution in [0.15, 0.2) is 18.2 Å². The van der Waals surface area contributed by atoms with Gasteiger partial charge in [-0.05, 0) is 47.8 Å². The smallest absolute Gasteiger partial charge is 0.227 e. The maximum Gasteiger partial charge on any atom is 0.227 e. The number of hydrogen-bond donors (Lipinski definition) is 1. The molecule has 0 unspecified atom stereocenters. The number of nitrogens with one attached hydrogen (secondary N) is 1. The number of nitrogens with zero attached hydrogens (tertiary/aromatic N) is 1. The van der Waals surface area contributed by atoms with Crippen LogP contribution in [-0.4, -0.2) is 37.0 Å². The summed E-state index contributed by atoms with van der Waals surface area (Å²) < 4.78 is 0. The number of aryl methyl sites for hydroxylation is 2. The second-order valence-electron chi connectivity index (χ2n) is 6.61. The van der Waals surface area contributed by atoms with E-state index < -0.39 is 0 Å². The molecule has 0 saturated carbocycles. The molecule has 3 aliphatic rings. The molecule has 2 fully saturated rings. The predicted octanol–water partition coefficient (Wildman–Crippen LogP) is 1.40. The van der Waals surface area contributed by atoms with Crippen LogP contribution in [0.3, 0.4) is 0 Å². The summed E-state index contributed by atoms with van der Waals surface area (Å²) in [7, 11) is 0. The van der Waals surface area contributed by atoms with Gasteiger partial charge in [-0.15, -0.1) is 0 Å². The Balaban J connectivity index is 1.43. The summed E-state index contributed by atoms with van der Waals surface area (Å²) in [6.45, 7) is 4.10. The SMILES string of the molecule is O=C(Cc1ccc2c(c1)CCC2)N1C[C@H]2CNC[C@H]2C1. The summed E-state index contributed by atoms with van der Waals surface area (Å²) in [4.78, 5) is 14.5. The maximum absolute atomic E-state index is 12.5. The minimum Gasteiger partial charge on any atom is -0.342 e. The Labute approximate surface area is 120 Å². The molecule has 20 heavy (non-hydrogen) atoms. The van der Waals surface area contributed by atoms with E-state index in [1.165, 1.54) is 36.0 Å². The van der Waals surface area contributed by atoms with Gasteiger partial charge in [0.05, 0.1) is 6.42 Å². The van der Waals surface area contributed by atoms with Crippen LogP contribution < -0.4 is 5.32 Å². The molecule has 2 heterocycles. The topological polar surface area (TPSA) is 32.3 Å². The highest BCUT2D eigenvalue weighted by Crippen LogP contribution is 2.27. The van der Waals surface area contributed by atoms with Gasteiger partial charge in [-0.3, -0.25) is 4.79 Å². The quantitative estimate of drug-likeness (QED) is 0.881. The molecule has 3 heteroatoms. The standard InChI is InChI=1S/C17H22N2O/c20-17(19-10-15-8-18-9-16(15)11-19)7-12-4-5-13-2-1-3-14(13)6-12/h4-6,15-16,18H,1-3,7-11H2/t15-,16+. The monoisotopic (exact) mass is 270 g/mol. The number of carbonyl (C=O) groups is 1. The lowest BCUT2D eigenvalue weighted by Gasteiger charge is -2.17. The lowest BCUT2D eigenvalue weighted by Crippen LogP contribution is -2.33. The van der Waals surface area contributed by atoms with Gasteiger partial charge in [0.2, 0.25) is 5.91 Å². The van der Waals surface area contributed by atoms with Gasteiger partial charge in [0.15, 0.2) is 0 Å². The molecule has 0 bridgehead atoms. The average molecular weight is 270 g/mol. The van der Waals surface area contributed by atoms with Gasteiger partial charge < -0.3 is 10.2 Å². The zero-order valence-corrected chi connectivity index (χ0v) is 11.9. The van der Waals surface area contributed by atoms with Gasteiger partial charge in [-0.1, -0.05) is 18.2 Å². The number of amides is 1. The number of fused-ring (bicyclic) bond motifs is 2. The van der Waals surface area contributed by atoms with E-state index in [9.17, 15) is 4.79 Å². The van der Waals surface area contributed by atoms with Crippen molar-refractivity contribution in [1.29, 1.82) is 0 Å². The Hall–Kier alpha value is -1.35. The minimum atomic E-state index is 0.317. The average Bonchev–Trinajstić information content (AvgIpc) is 3.12. The number of rotatable bonds is 2. The van der Waals surface area contributed by atoms with E-state index in [-0.39, 0.29) is 0 Å². The maximum atomic E-state index is 12.5. The van der Waals surface area contributed by atoms with Crippen molar-refractivity contribution in [1.82, 2.24) is 10.2 Å². The number of hydrogen-bond acceptors (Lipinski definition) is 2. The Morgan fingerprint density at radius 1 is 1.15 bits per heavy atom. The highest BCUT2D eigenvalue weighted by molar-refractivity contribution is 5.79. The van der Waals surface area contributed by atoms with E-state index in [4.69, 9.17) is 0 Å². The van der Waals surface area contributed by atoms with Crippen LogP contribution in [-0.2, 0) is 24.1 Å². The van der Waals surface area contributed by atoms with E-state index in [1.807, 2.05) is 0 Å². The third-order valence-corrected chi connectivity index (χ3v) is 5.26. The molecule has 106 valence electrons. The second kappa shape index (κ2) is 4.88. The summed E-state index contributed by atoms with van der Waals surface area (Å²) in [5, 5.41) is 3.42. The molecular formula is C17H22N2O. The fraction of sp³-hybridized carbons (Fsp3) is 0.588. The van der Waals surface area contributed by atoms with Crippen LogP contribution in [0, 0.1) is 11.8 Å². The Kier molecular flexibility index (Phi) is 3.03. The van der Waals surface area contributed by atoms with Crippen LogP contribution in [0.1, 0.15) is 23.1 Å². The molecule has 2 atom stereocenters. The molecule has 1 aliphatic carbocycles. The van der Waals surface area contributed by atoms with Crippen LogP contribution in [0.5, 0.6) is 0 Å². The Morgan fingerprint density at radius 2 is 1.90 bits per heavy atom. The van der Waals surface area contributed by atoms with Gasteiger partial charge in [0.1, 0.15) is 0 Å². The molecule has 3 nitrogen and oxygen atoms in total. The van der Waals surface area contributed by atoms with Gasteiger partial charge in [0, 0.05) is 26.2 Å². The molecule has 0 radical (unpaired) electrons. The summed E-state index contributed by atoms with van der Waals surface area (Å²) >= 11 is 0. The van der Waals surface area contributed by atoms with Gasteiger partial charge >= 0.3 is 0 Å². The van der Waals surface area contributed by atoms with Crippen LogP contribution in [0.4, 0.5) is 0 Å². The molecule has 4 rings (SSSR count). The predicted molar refractivity (Wildman–Crippen MR) is 78.6 cm³/mol. The molecule has 1 N–H and O–H groups in total. The van der Waals surface area contributed by atoms with E-state index in [1.54, 1.807) is 0 Å². The van der Waals surface area contributed by atoms with E-state index in [0.29, 0.717) is 24.2 Å². The second-order valence-corrected chi connectivity index (χ2v) is 6.61. The van der Waals surface area contributed by atoms with E-state index in [0.717, 1.165) is 26.2 Å².